The molecule has 130 valence electrons. The molecule has 8 heteroatoms. The first-order valence-corrected chi connectivity index (χ1v) is 10.5. The van der Waals surface area contributed by atoms with Crippen molar-refractivity contribution in [3.05, 3.63) is 33.8 Å². The van der Waals surface area contributed by atoms with E-state index in [0.717, 1.165) is 17.1 Å². The van der Waals surface area contributed by atoms with Gasteiger partial charge < -0.3 is 5.73 Å². The maximum atomic E-state index is 10.2. The second kappa shape index (κ2) is 6.28. The summed E-state index contributed by atoms with van der Waals surface area (Å²) >= 11 is 15.5. The minimum Gasteiger partial charge on any atom is -0.386 e. The number of amidine groups is 1. The summed E-state index contributed by atoms with van der Waals surface area (Å²) in [5, 5.41) is 21.2. The quantitative estimate of drug-likeness (QED) is 0.714. The monoisotopic (exact) mass is 410 g/mol. The Hall–Kier alpha value is -1.05. The van der Waals surface area contributed by atoms with Crippen LogP contribution in [0, 0.1) is 33.5 Å². The summed E-state index contributed by atoms with van der Waals surface area (Å²) in [5.74, 6) is 1.33. The summed E-state index contributed by atoms with van der Waals surface area (Å²) in [7, 11) is 0. The molecule has 0 radical (unpaired) electrons. The van der Waals surface area contributed by atoms with Gasteiger partial charge in [0.2, 0.25) is 0 Å². The molecule has 1 aliphatic carbocycles. The molecule has 0 saturated heterocycles. The number of hydrogen-bond donors (Lipinski definition) is 1. The Labute approximate surface area is 165 Å². The number of rotatable bonds is 5. The zero-order valence-corrected chi connectivity index (χ0v) is 16.9. The van der Waals surface area contributed by atoms with Crippen LogP contribution in [0.25, 0.3) is 0 Å². The second-order valence-corrected chi connectivity index (χ2v) is 9.90. The van der Waals surface area contributed by atoms with Gasteiger partial charge in [0.05, 0.1) is 12.1 Å². The highest BCUT2D eigenvalue weighted by Crippen LogP contribution is 2.85. The van der Waals surface area contributed by atoms with Crippen molar-refractivity contribution in [3.8, 4) is 12.1 Å². The summed E-state index contributed by atoms with van der Waals surface area (Å²) < 4.78 is -0.807. The Morgan fingerprint density at radius 1 is 1.20 bits per heavy atom. The highest BCUT2D eigenvalue weighted by Gasteiger charge is 2.92. The maximum absolute atomic E-state index is 10.2. The number of nitrogens with two attached hydrogens (primary N) is 1. The van der Waals surface area contributed by atoms with Crippen molar-refractivity contribution in [1.29, 1.82) is 10.5 Å². The van der Waals surface area contributed by atoms with Crippen LogP contribution in [-0.2, 0) is 0 Å². The third-order valence-corrected chi connectivity index (χ3v) is 8.34. The normalized spacial score (nSPS) is 31.6. The average molecular weight is 411 g/mol. The van der Waals surface area contributed by atoms with Crippen molar-refractivity contribution < 1.29 is 0 Å². The molecule has 1 aliphatic heterocycles. The van der Waals surface area contributed by atoms with Gasteiger partial charge in [0, 0.05) is 16.0 Å². The molecule has 1 saturated carbocycles. The number of fused-ring (bicyclic) bond motifs is 1. The van der Waals surface area contributed by atoms with Crippen LogP contribution in [-0.4, -0.2) is 21.5 Å². The van der Waals surface area contributed by atoms with Crippen molar-refractivity contribution in [3.63, 3.8) is 0 Å². The lowest BCUT2D eigenvalue weighted by molar-refractivity contribution is 0.564. The van der Waals surface area contributed by atoms with Crippen LogP contribution in [0.2, 0.25) is 10.0 Å². The van der Waals surface area contributed by atoms with E-state index in [-0.39, 0.29) is 5.84 Å². The molecule has 0 amide bonds. The van der Waals surface area contributed by atoms with E-state index < -0.39 is 21.0 Å². The first-order chi connectivity index (χ1) is 11.9. The zero-order valence-electron chi connectivity index (χ0n) is 13.7. The maximum Gasteiger partial charge on any atom is 0.175 e. The molecule has 1 aromatic carbocycles. The van der Waals surface area contributed by atoms with Gasteiger partial charge in [-0.25, -0.2) is 4.99 Å². The fourth-order valence-corrected chi connectivity index (χ4v) is 7.72. The average Bonchev–Trinajstić information content (AvgIpc) is 3.13. The Morgan fingerprint density at radius 2 is 1.84 bits per heavy atom. The van der Waals surface area contributed by atoms with Crippen molar-refractivity contribution in [2.45, 2.75) is 24.0 Å². The molecule has 2 aliphatic rings. The van der Waals surface area contributed by atoms with E-state index in [4.69, 9.17) is 28.9 Å². The molecule has 1 fully saturated rings. The van der Waals surface area contributed by atoms with Gasteiger partial charge in [0.25, 0.3) is 0 Å². The van der Waals surface area contributed by atoms with Crippen molar-refractivity contribution >= 4 is 52.6 Å². The van der Waals surface area contributed by atoms with E-state index in [1.54, 1.807) is 41.7 Å². The van der Waals surface area contributed by atoms with Crippen molar-refractivity contribution in [1.82, 2.24) is 0 Å². The number of thioether (sulfide) groups is 2. The van der Waals surface area contributed by atoms with Gasteiger partial charge in [0.15, 0.2) is 4.20 Å². The lowest BCUT2D eigenvalue weighted by Crippen LogP contribution is -2.31. The number of nitriles is 2. The van der Waals surface area contributed by atoms with Gasteiger partial charge in [-0.3, -0.25) is 0 Å². The van der Waals surface area contributed by atoms with Crippen LogP contribution >= 0.6 is 46.7 Å². The number of halogens is 2. The van der Waals surface area contributed by atoms with Crippen LogP contribution in [0.5, 0.6) is 0 Å². The summed E-state index contributed by atoms with van der Waals surface area (Å²) in [6.45, 7) is 4.02. The Kier molecular flexibility index (Phi) is 4.71. The summed E-state index contributed by atoms with van der Waals surface area (Å²) in [6, 6.07) is 9.91. The summed E-state index contributed by atoms with van der Waals surface area (Å²) in [4.78, 5) is 4.65. The number of hydrogen-bond acceptors (Lipinski definition) is 6. The van der Waals surface area contributed by atoms with Gasteiger partial charge >= 0.3 is 0 Å². The minimum atomic E-state index is -1.15. The van der Waals surface area contributed by atoms with Crippen LogP contribution < -0.4 is 5.73 Å². The van der Waals surface area contributed by atoms with E-state index >= 15 is 0 Å². The molecule has 1 aromatic rings. The molecule has 0 spiro atoms. The predicted molar refractivity (Wildman–Crippen MR) is 106 cm³/mol. The first kappa shape index (κ1) is 18.7. The summed E-state index contributed by atoms with van der Waals surface area (Å²) in [6.07, 6.45) is 0. The van der Waals surface area contributed by atoms with Crippen molar-refractivity contribution in [2.75, 3.05) is 11.5 Å². The standard InChI is InChI=1S/C17H16Cl2N4S2/c1-3-24-17(25-4-2)16(9-21)13(15(16,8-20)14(22)23-17)11-6-5-10(18)7-12(11)19/h5-7,13H,3-4H2,1-2H3,(H2,22,23)/t13-,15-,16-/m0/s1. The topological polar surface area (TPSA) is 86.0 Å². The Bertz CT molecular complexity index is 838. The third-order valence-electron chi connectivity index (χ3n) is 4.88. The van der Waals surface area contributed by atoms with E-state index in [1.165, 1.54) is 0 Å². The SMILES string of the molecule is CCSC1(SCC)N=C(N)[C@]2(C#N)[C@H](c3ccc(Cl)cc3Cl)[C@]12C#N. The third kappa shape index (κ3) is 2.12. The van der Waals surface area contributed by atoms with Gasteiger partial charge in [-0.15, -0.1) is 23.5 Å². The molecular formula is C17H16Cl2N4S2. The van der Waals surface area contributed by atoms with Crippen LogP contribution in [0.3, 0.4) is 0 Å². The van der Waals surface area contributed by atoms with Crippen LogP contribution in [0.1, 0.15) is 25.3 Å². The van der Waals surface area contributed by atoms with Crippen LogP contribution in [0.4, 0.5) is 0 Å². The molecule has 0 aromatic heterocycles. The fraction of sp³-hybridized carbons (Fsp3) is 0.471. The first-order valence-electron chi connectivity index (χ1n) is 7.81. The van der Waals surface area contributed by atoms with E-state index in [1.807, 2.05) is 13.8 Å². The number of benzene rings is 1. The second-order valence-electron chi connectivity index (χ2n) is 5.88. The molecule has 0 bridgehead atoms. The van der Waals surface area contributed by atoms with Gasteiger partial charge in [0.1, 0.15) is 16.7 Å². The lowest BCUT2D eigenvalue weighted by atomic mass is 9.97. The highest BCUT2D eigenvalue weighted by molar-refractivity contribution is 8.18. The highest BCUT2D eigenvalue weighted by atomic mass is 35.5. The molecule has 4 nitrogen and oxygen atoms in total. The van der Waals surface area contributed by atoms with Gasteiger partial charge in [-0.1, -0.05) is 43.1 Å². The largest absolute Gasteiger partial charge is 0.386 e. The van der Waals surface area contributed by atoms with Gasteiger partial charge in [-0.2, -0.15) is 10.5 Å². The molecule has 3 rings (SSSR count). The fourth-order valence-electron chi connectivity index (χ4n) is 3.95. The lowest BCUT2D eigenvalue weighted by Gasteiger charge is -2.31. The van der Waals surface area contributed by atoms with Gasteiger partial charge in [-0.05, 0) is 29.2 Å². The Morgan fingerprint density at radius 3 is 2.32 bits per heavy atom. The Balaban J connectivity index is 2.25. The number of aliphatic imine (C=N–C) groups is 1. The molecule has 25 heavy (non-hydrogen) atoms. The smallest absolute Gasteiger partial charge is 0.175 e. The van der Waals surface area contributed by atoms with E-state index in [2.05, 4.69) is 17.1 Å². The molecule has 3 atom stereocenters. The van der Waals surface area contributed by atoms with E-state index in [0.29, 0.717) is 10.0 Å². The summed E-state index contributed by atoms with van der Waals surface area (Å²) in [5.41, 5.74) is 4.78. The zero-order chi connectivity index (χ0) is 18.5. The predicted octanol–water partition coefficient (Wildman–Crippen LogP) is 4.64. The molecular weight excluding hydrogens is 395 g/mol. The number of nitrogens with zero attached hydrogens (tertiary/aromatic N) is 3. The molecule has 1 heterocycles. The van der Waals surface area contributed by atoms with E-state index in [9.17, 15) is 10.5 Å². The van der Waals surface area contributed by atoms with Crippen molar-refractivity contribution in [2.24, 2.45) is 21.6 Å². The van der Waals surface area contributed by atoms with Crippen LogP contribution in [0.15, 0.2) is 23.2 Å². The molecule has 2 N–H and O–H groups in total. The minimum absolute atomic E-state index is 0.231. The molecule has 0 unspecified atom stereocenters.